The fraction of sp³-hybridized carbons (Fsp3) is 0.500. The fourth-order valence-corrected chi connectivity index (χ4v) is 4.95. The van der Waals surface area contributed by atoms with E-state index in [-0.39, 0.29) is 17.0 Å². The first kappa shape index (κ1) is 25.2. The lowest BCUT2D eigenvalue weighted by Crippen LogP contribution is -2.48. The Morgan fingerprint density at radius 3 is 2.11 bits per heavy atom. The van der Waals surface area contributed by atoms with Gasteiger partial charge < -0.3 is 9.80 Å². The number of rotatable bonds is 3. The van der Waals surface area contributed by atoms with Gasteiger partial charge in [-0.05, 0) is 62.9 Å². The third-order valence-corrected chi connectivity index (χ3v) is 6.94. The second kappa shape index (κ2) is 10.8. The molecule has 5 rings (SSSR count). The molecule has 0 radical (unpaired) electrons. The molecule has 9 heteroatoms. The van der Waals surface area contributed by atoms with Crippen LogP contribution in [-0.4, -0.2) is 51.7 Å². The van der Waals surface area contributed by atoms with Crippen LogP contribution in [-0.2, 0) is 0 Å². The van der Waals surface area contributed by atoms with Gasteiger partial charge in [0.2, 0.25) is 11.9 Å². The van der Waals surface area contributed by atoms with Crippen LogP contribution in [0.4, 0.5) is 19.1 Å². The Bertz CT molecular complexity index is 1210. The van der Waals surface area contributed by atoms with E-state index in [1.807, 2.05) is 18.7 Å². The summed E-state index contributed by atoms with van der Waals surface area (Å²) >= 11 is 0. The molecule has 0 unspecified atom stereocenters. The van der Waals surface area contributed by atoms with E-state index in [1.165, 1.54) is 25.0 Å². The number of hydrogen-bond acceptors (Lipinski definition) is 5. The largest absolute Gasteiger partial charge is 0.341 e. The lowest BCUT2D eigenvalue weighted by atomic mass is 9.95. The second-order valence-corrected chi connectivity index (χ2v) is 9.07. The molecule has 2 aliphatic rings. The minimum atomic E-state index is -0.929. The highest BCUT2D eigenvalue weighted by molar-refractivity contribution is 5.77. The Morgan fingerprint density at radius 2 is 1.49 bits per heavy atom. The van der Waals surface area contributed by atoms with Gasteiger partial charge in [0.1, 0.15) is 17.3 Å². The molecule has 1 aromatic carbocycles. The second-order valence-electron chi connectivity index (χ2n) is 9.07. The van der Waals surface area contributed by atoms with Gasteiger partial charge in [0.15, 0.2) is 5.65 Å². The van der Waals surface area contributed by atoms with Gasteiger partial charge in [-0.1, -0.05) is 26.8 Å². The molecule has 4 heterocycles. The van der Waals surface area contributed by atoms with Crippen LogP contribution in [0.15, 0.2) is 35.1 Å². The maximum Gasteiger partial charge on any atom is 0.256 e. The van der Waals surface area contributed by atoms with E-state index in [4.69, 9.17) is 0 Å². The minimum absolute atomic E-state index is 0.0710. The molecule has 0 N–H and O–H groups in total. The summed E-state index contributed by atoms with van der Waals surface area (Å²) < 4.78 is 44.7. The summed E-state index contributed by atoms with van der Waals surface area (Å²) in [6.07, 6.45) is 4.23. The first-order chi connectivity index (χ1) is 16.9. The molecule has 35 heavy (non-hydrogen) atoms. The number of aromatic nitrogens is 3. The van der Waals surface area contributed by atoms with Crippen molar-refractivity contribution in [2.24, 2.45) is 5.92 Å². The third kappa shape index (κ3) is 5.05. The van der Waals surface area contributed by atoms with E-state index in [2.05, 4.69) is 21.8 Å². The topological polar surface area (TPSA) is 54.3 Å². The molecule has 2 aromatic heterocycles. The van der Waals surface area contributed by atoms with Crippen molar-refractivity contribution in [3.8, 4) is 5.69 Å². The predicted molar refractivity (Wildman–Crippen MR) is 132 cm³/mol. The first-order valence-electron chi connectivity index (χ1n) is 12.4. The number of likely N-dealkylation sites (tertiary alicyclic amines) is 1. The van der Waals surface area contributed by atoms with Gasteiger partial charge in [0.25, 0.3) is 5.56 Å². The molecule has 0 aliphatic carbocycles. The summed E-state index contributed by atoms with van der Waals surface area (Å²) in [7, 11) is 0. The van der Waals surface area contributed by atoms with Crippen LogP contribution < -0.4 is 10.5 Å². The zero-order valence-corrected chi connectivity index (χ0v) is 20.5. The van der Waals surface area contributed by atoms with E-state index in [9.17, 15) is 18.0 Å². The SMILES string of the molecule is CC.CC1CCN(C2CCN(c3nc(F)c4ccc(=O)n(-c5c(F)cccc5F)c4n3)CC2)CC1. The summed E-state index contributed by atoms with van der Waals surface area (Å²) in [6.45, 7) is 9.79. The number of para-hydroxylation sites is 1. The van der Waals surface area contributed by atoms with Gasteiger partial charge >= 0.3 is 0 Å². The fourth-order valence-electron chi connectivity index (χ4n) is 4.95. The standard InChI is InChI=1S/C24H26F3N5O.C2H6/c1-15-7-11-30(12-8-15)16-9-13-31(14-10-16)24-28-22(27)17-5-6-20(33)32(23(17)29-24)21-18(25)3-2-4-19(21)26;1-2/h2-6,15-16H,7-14H2,1H3;1-2H3. The molecule has 188 valence electrons. The quantitative estimate of drug-likeness (QED) is 0.491. The zero-order valence-electron chi connectivity index (χ0n) is 20.5. The summed E-state index contributed by atoms with van der Waals surface area (Å²) in [5.74, 6) is -1.79. The van der Waals surface area contributed by atoms with Gasteiger partial charge in [-0.25, -0.2) is 8.78 Å². The number of halogens is 3. The van der Waals surface area contributed by atoms with Crippen molar-refractivity contribution in [1.29, 1.82) is 0 Å². The van der Waals surface area contributed by atoms with Crippen LogP contribution in [0.5, 0.6) is 0 Å². The Labute approximate surface area is 203 Å². The summed E-state index contributed by atoms with van der Waals surface area (Å²) in [5.41, 5.74) is -1.43. The maximum absolute atomic E-state index is 14.9. The number of fused-ring (bicyclic) bond motifs is 1. The molecule has 2 saturated heterocycles. The van der Waals surface area contributed by atoms with Gasteiger partial charge in [0, 0.05) is 25.2 Å². The minimum Gasteiger partial charge on any atom is -0.341 e. The van der Waals surface area contributed by atoms with Crippen LogP contribution in [0, 0.1) is 23.5 Å². The van der Waals surface area contributed by atoms with Crippen LogP contribution in [0.25, 0.3) is 16.7 Å². The number of anilines is 1. The molecular weight excluding hydrogens is 455 g/mol. The van der Waals surface area contributed by atoms with Crippen LogP contribution >= 0.6 is 0 Å². The first-order valence-corrected chi connectivity index (χ1v) is 12.4. The Balaban J connectivity index is 0.00000141. The van der Waals surface area contributed by atoms with E-state index in [0.717, 1.165) is 54.6 Å². The Hall–Kier alpha value is -2.94. The van der Waals surface area contributed by atoms with Gasteiger partial charge in [-0.3, -0.25) is 9.36 Å². The molecular formula is C26H32F3N5O. The number of hydrogen-bond donors (Lipinski definition) is 0. The smallest absolute Gasteiger partial charge is 0.256 e. The van der Waals surface area contributed by atoms with Crippen LogP contribution in [0.2, 0.25) is 0 Å². The molecule has 6 nitrogen and oxygen atoms in total. The molecule has 0 amide bonds. The van der Waals surface area contributed by atoms with Crippen molar-refractivity contribution in [1.82, 2.24) is 19.4 Å². The van der Waals surface area contributed by atoms with Gasteiger partial charge in [0.05, 0.1) is 5.39 Å². The van der Waals surface area contributed by atoms with Crippen molar-refractivity contribution in [3.05, 3.63) is 58.3 Å². The predicted octanol–water partition coefficient (Wildman–Crippen LogP) is 4.92. The molecule has 2 aliphatic heterocycles. The highest BCUT2D eigenvalue weighted by atomic mass is 19.1. The van der Waals surface area contributed by atoms with Crippen molar-refractivity contribution in [2.75, 3.05) is 31.1 Å². The maximum atomic E-state index is 14.9. The van der Waals surface area contributed by atoms with Gasteiger partial charge in [-0.15, -0.1) is 0 Å². The highest BCUT2D eigenvalue weighted by Crippen LogP contribution is 2.27. The number of pyridine rings is 1. The van der Waals surface area contributed by atoms with Crippen molar-refractivity contribution in [3.63, 3.8) is 0 Å². The Morgan fingerprint density at radius 1 is 0.857 bits per heavy atom. The van der Waals surface area contributed by atoms with E-state index < -0.39 is 28.8 Å². The summed E-state index contributed by atoms with van der Waals surface area (Å²) in [6, 6.07) is 6.09. The Kier molecular flexibility index (Phi) is 7.74. The number of nitrogens with zero attached hydrogens (tertiary/aromatic N) is 5. The number of benzene rings is 1. The van der Waals surface area contributed by atoms with Crippen LogP contribution in [0.1, 0.15) is 46.5 Å². The molecule has 0 saturated carbocycles. The molecule has 2 fully saturated rings. The highest BCUT2D eigenvalue weighted by Gasteiger charge is 2.29. The molecule has 0 atom stereocenters. The molecule has 0 spiro atoms. The third-order valence-electron chi connectivity index (χ3n) is 6.94. The molecule has 3 aromatic rings. The number of piperidine rings is 2. The summed E-state index contributed by atoms with van der Waals surface area (Å²) in [4.78, 5) is 25.5. The normalized spacial score (nSPS) is 17.9. The van der Waals surface area contributed by atoms with E-state index in [1.54, 1.807) is 0 Å². The van der Waals surface area contributed by atoms with E-state index in [0.29, 0.717) is 19.1 Å². The van der Waals surface area contributed by atoms with E-state index >= 15 is 0 Å². The monoisotopic (exact) mass is 487 g/mol. The van der Waals surface area contributed by atoms with Crippen LogP contribution in [0.3, 0.4) is 0 Å². The zero-order chi connectivity index (χ0) is 25.1. The van der Waals surface area contributed by atoms with Gasteiger partial charge in [-0.2, -0.15) is 14.4 Å². The average Bonchev–Trinajstić information content (AvgIpc) is 2.87. The lowest BCUT2D eigenvalue weighted by Gasteiger charge is -2.41. The summed E-state index contributed by atoms with van der Waals surface area (Å²) in [5, 5.41) is -0.0710. The van der Waals surface area contributed by atoms with Crippen molar-refractivity contribution < 1.29 is 13.2 Å². The van der Waals surface area contributed by atoms with Crippen molar-refractivity contribution in [2.45, 2.75) is 52.5 Å². The average molecular weight is 488 g/mol. The van der Waals surface area contributed by atoms with Crippen molar-refractivity contribution >= 4 is 17.0 Å². The molecule has 0 bridgehead atoms. The lowest BCUT2D eigenvalue weighted by molar-refractivity contribution is 0.120.